The summed E-state index contributed by atoms with van der Waals surface area (Å²) in [6.07, 6.45) is 1.79. The Morgan fingerprint density at radius 1 is 1.25 bits per heavy atom. The molecule has 2 rings (SSSR count). The summed E-state index contributed by atoms with van der Waals surface area (Å²) in [5, 5.41) is 0. The first-order chi connectivity index (χ1) is 7.59. The molecule has 0 fully saturated rings. The topological polar surface area (TPSA) is 17.8 Å². The average Bonchev–Trinajstić information content (AvgIpc) is 2.61. The molecule has 0 saturated heterocycles. The van der Waals surface area contributed by atoms with Crippen LogP contribution >= 0.6 is 15.9 Å². The minimum Gasteiger partial charge on any atom is -0.316 e. The molecular weight excluding hydrogens is 271 g/mol. The molecule has 0 N–H and O–H groups in total. The molecule has 0 saturated carbocycles. The van der Waals surface area contributed by atoms with Crippen LogP contribution in [0.25, 0.3) is 11.3 Å². The van der Waals surface area contributed by atoms with Crippen LogP contribution in [0, 0.1) is 5.82 Å². The SMILES string of the molecule is CC(C)n1c(-c2ccc(F)cc2)cnc1Br. The van der Waals surface area contributed by atoms with E-state index in [9.17, 15) is 4.39 Å². The summed E-state index contributed by atoms with van der Waals surface area (Å²) in [5.74, 6) is -0.224. The van der Waals surface area contributed by atoms with Gasteiger partial charge in [0, 0.05) is 6.04 Å². The molecule has 0 aliphatic heterocycles. The van der Waals surface area contributed by atoms with Gasteiger partial charge < -0.3 is 4.57 Å². The largest absolute Gasteiger partial charge is 0.316 e. The third kappa shape index (κ3) is 2.02. The number of hydrogen-bond acceptors (Lipinski definition) is 1. The van der Waals surface area contributed by atoms with Crippen molar-refractivity contribution >= 4 is 15.9 Å². The number of nitrogens with zero attached hydrogens (tertiary/aromatic N) is 2. The highest BCUT2D eigenvalue weighted by Gasteiger charge is 2.12. The van der Waals surface area contributed by atoms with Gasteiger partial charge in [-0.3, -0.25) is 0 Å². The van der Waals surface area contributed by atoms with Crippen LogP contribution in [0.4, 0.5) is 4.39 Å². The third-order valence-corrected chi connectivity index (χ3v) is 2.99. The summed E-state index contributed by atoms with van der Waals surface area (Å²) in [4.78, 5) is 4.22. The van der Waals surface area contributed by atoms with Gasteiger partial charge in [-0.15, -0.1) is 0 Å². The Kier molecular flexibility index (Phi) is 3.10. The Balaban J connectivity index is 2.52. The molecule has 0 bridgehead atoms. The van der Waals surface area contributed by atoms with Crippen molar-refractivity contribution in [3.05, 3.63) is 41.0 Å². The maximum Gasteiger partial charge on any atom is 0.177 e. The van der Waals surface area contributed by atoms with E-state index in [1.165, 1.54) is 12.1 Å². The highest BCUT2D eigenvalue weighted by molar-refractivity contribution is 9.10. The molecule has 2 nitrogen and oxygen atoms in total. The predicted molar refractivity (Wildman–Crippen MR) is 65.7 cm³/mol. The maximum absolute atomic E-state index is 12.8. The molecule has 84 valence electrons. The maximum atomic E-state index is 12.8. The van der Waals surface area contributed by atoms with Gasteiger partial charge in [0.05, 0.1) is 11.9 Å². The second-order valence-electron chi connectivity index (χ2n) is 3.88. The van der Waals surface area contributed by atoms with Crippen LogP contribution in [0.15, 0.2) is 35.2 Å². The van der Waals surface area contributed by atoms with Crippen LogP contribution in [0.5, 0.6) is 0 Å². The van der Waals surface area contributed by atoms with E-state index in [1.54, 1.807) is 18.3 Å². The first kappa shape index (κ1) is 11.3. The minimum atomic E-state index is -0.224. The van der Waals surface area contributed by atoms with E-state index in [4.69, 9.17) is 0 Å². The molecule has 0 unspecified atom stereocenters. The van der Waals surface area contributed by atoms with Gasteiger partial charge in [0.1, 0.15) is 5.82 Å². The van der Waals surface area contributed by atoms with E-state index in [2.05, 4.69) is 39.3 Å². The van der Waals surface area contributed by atoms with Crippen LogP contribution in [0.1, 0.15) is 19.9 Å². The Bertz CT molecular complexity index is 488. The first-order valence-electron chi connectivity index (χ1n) is 5.08. The lowest BCUT2D eigenvalue weighted by Gasteiger charge is -2.13. The Hall–Kier alpha value is -1.16. The number of benzene rings is 1. The highest BCUT2D eigenvalue weighted by Crippen LogP contribution is 2.27. The number of rotatable bonds is 2. The molecule has 1 heterocycles. The molecule has 2 aromatic rings. The molecule has 1 aromatic carbocycles. The molecule has 0 spiro atoms. The van der Waals surface area contributed by atoms with Crippen molar-refractivity contribution in [2.24, 2.45) is 0 Å². The van der Waals surface area contributed by atoms with Crippen molar-refractivity contribution in [3.8, 4) is 11.3 Å². The quantitative estimate of drug-likeness (QED) is 0.813. The Morgan fingerprint density at radius 3 is 2.44 bits per heavy atom. The fourth-order valence-corrected chi connectivity index (χ4v) is 2.37. The minimum absolute atomic E-state index is 0.224. The fraction of sp³-hybridized carbons (Fsp3) is 0.250. The molecule has 0 radical (unpaired) electrons. The zero-order valence-electron chi connectivity index (χ0n) is 9.11. The van der Waals surface area contributed by atoms with Gasteiger partial charge in [0.2, 0.25) is 0 Å². The van der Waals surface area contributed by atoms with Gasteiger partial charge in [-0.25, -0.2) is 9.37 Å². The van der Waals surface area contributed by atoms with E-state index in [0.29, 0.717) is 6.04 Å². The number of aromatic nitrogens is 2. The number of hydrogen-bond donors (Lipinski definition) is 0. The van der Waals surface area contributed by atoms with Gasteiger partial charge >= 0.3 is 0 Å². The van der Waals surface area contributed by atoms with Crippen molar-refractivity contribution in [3.63, 3.8) is 0 Å². The lowest BCUT2D eigenvalue weighted by atomic mass is 10.1. The summed E-state index contributed by atoms with van der Waals surface area (Å²) in [7, 11) is 0. The number of imidazole rings is 1. The van der Waals surface area contributed by atoms with Crippen molar-refractivity contribution < 1.29 is 4.39 Å². The molecular formula is C12H12BrFN2. The van der Waals surface area contributed by atoms with Crippen LogP contribution in [-0.2, 0) is 0 Å². The van der Waals surface area contributed by atoms with Gasteiger partial charge in [-0.05, 0) is 59.6 Å². The third-order valence-electron chi connectivity index (χ3n) is 2.41. The Morgan fingerprint density at radius 2 is 1.88 bits per heavy atom. The Labute approximate surface area is 102 Å². The summed E-state index contributed by atoms with van der Waals surface area (Å²) in [6, 6.07) is 6.74. The molecule has 0 aliphatic rings. The zero-order chi connectivity index (χ0) is 11.7. The van der Waals surface area contributed by atoms with E-state index < -0.39 is 0 Å². The highest BCUT2D eigenvalue weighted by atomic mass is 79.9. The fourth-order valence-electron chi connectivity index (χ4n) is 1.66. The standard InChI is InChI=1S/C12H12BrFN2/c1-8(2)16-11(7-15-12(16)13)9-3-5-10(14)6-4-9/h3-8H,1-2H3. The van der Waals surface area contributed by atoms with Crippen LogP contribution in [0.3, 0.4) is 0 Å². The van der Waals surface area contributed by atoms with E-state index in [-0.39, 0.29) is 5.82 Å². The monoisotopic (exact) mass is 282 g/mol. The summed E-state index contributed by atoms with van der Waals surface area (Å²) < 4.78 is 15.7. The van der Waals surface area contributed by atoms with Gasteiger partial charge in [-0.2, -0.15) is 0 Å². The normalized spacial score (nSPS) is 11.1. The van der Waals surface area contributed by atoms with E-state index in [1.807, 2.05) is 0 Å². The lowest BCUT2D eigenvalue weighted by Crippen LogP contribution is -2.02. The van der Waals surface area contributed by atoms with Crippen LogP contribution < -0.4 is 0 Å². The van der Waals surface area contributed by atoms with Crippen LogP contribution in [-0.4, -0.2) is 9.55 Å². The first-order valence-corrected chi connectivity index (χ1v) is 5.87. The van der Waals surface area contributed by atoms with Crippen LogP contribution in [0.2, 0.25) is 0 Å². The van der Waals surface area contributed by atoms with Crippen molar-refractivity contribution in [2.75, 3.05) is 0 Å². The van der Waals surface area contributed by atoms with Gasteiger partial charge in [0.15, 0.2) is 4.73 Å². The average molecular weight is 283 g/mol. The predicted octanol–water partition coefficient (Wildman–Crippen LogP) is 4.03. The van der Waals surface area contributed by atoms with Crippen molar-refractivity contribution in [1.29, 1.82) is 0 Å². The molecule has 0 amide bonds. The lowest BCUT2D eigenvalue weighted by molar-refractivity contribution is 0.592. The molecule has 1 aromatic heterocycles. The van der Waals surface area contributed by atoms with Gasteiger partial charge in [-0.1, -0.05) is 0 Å². The van der Waals surface area contributed by atoms with Gasteiger partial charge in [0.25, 0.3) is 0 Å². The molecule has 4 heteroatoms. The van der Waals surface area contributed by atoms with E-state index in [0.717, 1.165) is 16.0 Å². The molecule has 16 heavy (non-hydrogen) atoms. The second-order valence-corrected chi connectivity index (χ2v) is 4.59. The molecule has 0 atom stereocenters. The summed E-state index contributed by atoms with van der Waals surface area (Å²) in [6.45, 7) is 4.17. The smallest absolute Gasteiger partial charge is 0.177 e. The zero-order valence-corrected chi connectivity index (χ0v) is 10.7. The molecule has 0 aliphatic carbocycles. The number of halogens is 2. The van der Waals surface area contributed by atoms with Crippen molar-refractivity contribution in [2.45, 2.75) is 19.9 Å². The summed E-state index contributed by atoms with van der Waals surface area (Å²) >= 11 is 3.41. The summed E-state index contributed by atoms with van der Waals surface area (Å²) in [5.41, 5.74) is 1.95. The van der Waals surface area contributed by atoms with Crippen molar-refractivity contribution in [1.82, 2.24) is 9.55 Å². The van der Waals surface area contributed by atoms with E-state index >= 15 is 0 Å². The second kappa shape index (κ2) is 4.37.